The second-order valence-electron chi connectivity index (χ2n) is 7.82. The van der Waals surface area contributed by atoms with Crippen LogP contribution in [0.1, 0.15) is 46.3 Å². The Labute approximate surface area is 153 Å². The van der Waals surface area contributed by atoms with E-state index in [0.717, 1.165) is 49.6 Å². The van der Waals surface area contributed by atoms with Crippen molar-refractivity contribution in [2.75, 3.05) is 32.7 Å². The molecular weight excluding hydrogens is 334 g/mol. The van der Waals surface area contributed by atoms with Crippen molar-refractivity contribution in [3.63, 3.8) is 0 Å². The van der Waals surface area contributed by atoms with Crippen LogP contribution < -0.4 is 5.32 Å². The third-order valence-corrected chi connectivity index (χ3v) is 6.73. The van der Waals surface area contributed by atoms with Crippen LogP contribution in [0.2, 0.25) is 0 Å². The number of nitrogens with zero attached hydrogens (tertiary/aromatic N) is 2. The number of hydrogen-bond acceptors (Lipinski definition) is 4. The third-order valence-electron chi connectivity index (χ3n) is 5.51. The van der Waals surface area contributed by atoms with E-state index in [1.807, 2.05) is 4.90 Å². The van der Waals surface area contributed by atoms with Crippen LogP contribution in [0.25, 0.3) is 0 Å². The predicted octanol–water partition coefficient (Wildman–Crippen LogP) is 1.91. The lowest BCUT2D eigenvalue weighted by Gasteiger charge is -2.34. The number of carbonyl (C=O) groups is 2. The van der Waals surface area contributed by atoms with E-state index in [4.69, 9.17) is 0 Å². The highest BCUT2D eigenvalue weighted by atomic mass is 32.1. The Hall–Kier alpha value is -1.40. The lowest BCUT2D eigenvalue weighted by Crippen LogP contribution is -2.51. The summed E-state index contributed by atoms with van der Waals surface area (Å²) in [6.07, 6.45) is 5.72. The fraction of sp³-hybridized carbons (Fsp3) is 0.684. The van der Waals surface area contributed by atoms with Gasteiger partial charge in [-0.25, -0.2) is 0 Å². The first kappa shape index (κ1) is 17.0. The van der Waals surface area contributed by atoms with Crippen LogP contribution in [0.5, 0.6) is 0 Å². The number of carbonyl (C=O) groups excluding carboxylic acids is 2. The number of amides is 2. The Kier molecular flexibility index (Phi) is 4.82. The maximum absolute atomic E-state index is 12.8. The van der Waals surface area contributed by atoms with Gasteiger partial charge in [0.15, 0.2) is 0 Å². The highest BCUT2D eigenvalue weighted by Gasteiger charge is 2.28. The Morgan fingerprint density at radius 2 is 1.96 bits per heavy atom. The van der Waals surface area contributed by atoms with Gasteiger partial charge in [0, 0.05) is 37.1 Å². The number of rotatable bonds is 4. The molecule has 3 aliphatic rings. The van der Waals surface area contributed by atoms with Crippen molar-refractivity contribution >= 4 is 23.2 Å². The van der Waals surface area contributed by atoms with Gasteiger partial charge < -0.3 is 10.2 Å². The second kappa shape index (κ2) is 7.08. The van der Waals surface area contributed by atoms with E-state index in [2.05, 4.69) is 23.2 Å². The summed E-state index contributed by atoms with van der Waals surface area (Å²) < 4.78 is 0. The fourth-order valence-electron chi connectivity index (χ4n) is 3.78. The zero-order valence-electron chi connectivity index (χ0n) is 14.9. The monoisotopic (exact) mass is 361 g/mol. The van der Waals surface area contributed by atoms with Gasteiger partial charge >= 0.3 is 0 Å². The van der Waals surface area contributed by atoms with Crippen LogP contribution in [0.15, 0.2) is 6.07 Å². The molecule has 1 atom stereocenters. The summed E-state index contributed by atoms with van der Waals surface area (Å²) in [5.74, 6) is 1.03. The van der Waals surface area contributed by atoms with E-state index in [9.17, 15) is 9.59 Å². The van der Waals surface area contributed by atoms with Crippen molar-refractivity contribution in [3.05, 3.63) is 21.4 Å². The number of aryl methyl sites for hydroxylation is 1. The van der Waals surface area contributed by atoms with Crippen molar-refractivity contribution in [1.82, 2.24) is 15.1 Å². The van der Waals surface area contributed by atoms with Gasteiger partial charge in [-0.05, 0) is 49.7 Å². The molecule has 6 heteroatoms. The maximum atomic E-state index is 12.8. The topological polar surface area (TPSA) is 52.7 Å². The minimum atomic E-state index is 0.127. The van der Waals surface area contributed by atoms with Gasteiger partial charge in [-0.3, -0.25) is 14.5 Å². The Bertz CT molecular complexity index is 660. The van der Waals surface area contributed by atoms with Crippen LogP contribution in [0, 0.1) is 5.92 Å². The largest absolute Gasteiger partial charge is 0.352 e. The summed E-state index contributed by atoms with van der Waals surface area (Å²) in [6, 6.07) is 2.55. The molecule has 0 spiro atoms. The second-order valence-corrected chi connectivity index (χ2v) is 8.95. The van der Waals surface area contributed by atoms with Crippen LogP contribution in [-0.4, -0.2) is 60.4 Å². The van der Waals surface area contributed by atoms with Crippen LogP contribution >= 0.6 is 11.3 Å². The summed E-state index contributed by atoms with van der Waals surface area (Å²) in [7, 11) is 0. The Morgan fingerprint density at radius 1 is 1.20 bits per heavy atom. The van der Waals surface area contributed by atoms with E-state index >= 15 is 0 Å². The van der Waals surface area contributed by atoms with Gasteiger partial charge in [-0.15, -0.1) is 11.3 Å². The third kappa shape index (κ3) is 4.06. The summed E-state index contributed by atoms with van der Waals surface area (Å²) >= 11 is 1.70. The molecule has 2 amide bonds. The molecule has 1 N–H and O–H groups in total. The predicted molar refractivity (Wildman–Crippen MR) is 99.0 cm³/mol. The molecular formula is C19H27N3O2S. The maximum Gasteiger partial charge on any atom is 0.264 e. The Balaban J connectivity index is 1.30. The first-order valence-electron chi connectivity index (χ1n) is 9.51. The SMILES string of the molecule is CC1CCc2sc(C(=O)N3CCN(CC(=O)NC4CC4)CC3)cc2C1. The molecule has 2 fully saturated rings. The molecule has 2 aliphatic carbocycles. The molecule has 25 heavy (non-hydrogen) atoms. The molecule has 1 aromatic heterocycles. The number of fused-ring (bicyclic) bond motifs is 1. The van der Waals surface area contributed by atoms with Gasteiger partial charge in [-0.1, -0.05) is 6.92 Å². The molecule has 4 rings (SSSR count). The molecule has 1 unspecified atom stereocenters. The first-order valence-corrected chi connectivity index (χ1v) is 10.3. The van der Waals surface area contributed by atoms with Crippen molar-refractivity contribution in [1.29, 1.82) is 0 Å². The minimum Gasteiger partial charge on any atom is -0.352 e. The standard InChI is InChI=1S/C19H27N3O2S/c1-13-2-5-16-14(10-13)11-17(25-16)19(24)22-8-6-21(7-9-22)12-18(23)20-15-3-4-15/h11,13,15H,2-10,12H2,1H3,(H,20,23). The summed E-state index contributed by atoms with van der Waals surface area (Å²) in [4.78, 5) is 31.2. The Morgan fingerprint density at radius 3 is 2.68 bits per heavy atom. The number of nitrogens with one attached hydrogen (secondary N) is 1. The van der Waals surface area contributed by atoms with E-state index < -0.39 is 0 Å². The normalized spacial score (nSPS) is 24.0. The molecule has 0 bridgehead atoms. The molecule has 1 aromatic rings. The van der Waals surface area contributed by atoms with E-state index in [0.29, 0.717) is 25.7 Å². The van der Waals surface area contributed by atoms with E-state index in [1.165, 1.54) is 16.9 Å². The molecule has 136 valence electrons. The summed E-state index contributed by atoms with van der Waals surface area (Å²) in [5.41, 5.74) is 1.39. The number of thiophene rings is 1. The van der Waals surface area contributed by atoms with Gasteiger partial charge in [-0.2, -0.15) is 0 Å². The van der Waals surface area contributed by atoms with Crippen LogP contribution in [0.3, 0.4) is 0 Å². The van der Waals surface area contributed by atoms with Crippen molar-refractivity contribution in [2.24, 2.45) is 5.92 Å². The molecule has 5 nitrogen and oxygen atoms in total. The number of piperazine rings is 1. The smallest absolute Gasteiger partial charge is 0.264 e. The molecule has 1 saturated heterocycles. The molecule has 1 saturated carbocycles. The molecule has 0 radical (unpaired) electrons. The average molecular weight is 362 g/mol. The van der Waals surface area contributed by atoms with Gasteiger partial charge in [0.2, 0.25) is 5.91 Å². The molecule has 0 aromatic carbocycles. The minimum absolute atomic E-state index is 0.127. The fourth-order valence-corrected chi connectivity index (χ4v) is 4.96. The average Bonchev–Trinajstić information content (AvgIpc) is 3.30. The van der Waals surface area contributed by atoms with Gasteiger partial charge in [0.05, 0.1) is 11.4 Å². The molecule has 2 heterocycles. The van der Waals surface area contributed by atoms with E-state index in [1.54, 1.807) is 11.3 Å². The zero-order chi connectivity index (χ0) is 17.4. The summed E-state index contributed by atoms with van der Waals surface area (Å²) in [5, 5.41) is 3.03. The quantitative estimate of drug-likeness (QED) is 0.891. The van der Waals surface area contributed by atoms with Crippen LogP contribution in [-0.2, 0) is 17.6 Å². The highest BCUT2D eigenvalue weighted by Crippen LogP contribution is 2.32. The molecule has 1 aliphatic heterocycles. The number of hydrogen-bond donors (Lipinski definition) is 1. The summed E-state index contributed by atoms with van der Waals surface area (Å²) in [6.45, 7) is 5.76. The van der Waals surface area contributed by atoms with Gasteiger partial charge in [0.25, 0.3) is 5.91 Å². The van der Waals surface area contributed by atoms with Crippen molar-refractivity contribution in [3.8, 4) is 0 Å². The lowest BCUT2D eigenvalue weighted by atomic mass is 9.90. The van der Waals surface area contributed by atoms with Gasteiger partial charge in [0.1, 0.15) is 0 Å². The zero-order valence-corrected chi connectivity index (χ0v) is 15.7. The lowest BCUT2D eigenvalue weighted by molar-refractivity contribution is -0.122. The van der Waals surface area contributed by atoms with Crippen molar-refractivity contribution < 1.29 is 9.59 Å². The highest BCUT2D eigenvalue weighted by molar-refractivity contribution is 7.14. The van der Waals surface area contributed by atoms with E-state index in [-0.39, 0.29) is 11.8 Å². The van der Waals surface area contributed by atoms with Crippen molar-refractivity contribution in [2.45, 2.75) is 45.1 Å². The van der Waals surface area contributed by atoms with Crippen LogP contribution in [0.4, 0.5) is 0 Å². The first-order chi connectivity index (χ1) is 12.1.